The van der Waals surface area contributed by atoms with Crippen LogP contribution in [-0.2, 0) is 17.9 Å². The maximum atomic E-state index is 12.1. The zero-order chi connectivity index (χ0) is 11.4. The molecule has 0 radical (unpaired) electrons. The Balaban J connectivity index is 2.60. The van der Waals surface area contributed by atoms with Gasteiger partial charge < -0.3 is 4.74 Å². The fourth-order valence-electron chi connectivity index (χ4n) is 1.02. The van der Waals surface area contributed by atoms with Crippen molar-refractivity contribution in [2.75, 3.05) is 0 Å². The van der Waals surface area contributed by atoms with E-state index in [0.29, 0.717) is 12.3 Å². The highest BCUT2D eigenvalue weighted by atomic mass is 127. The minimum Gasteiger partial charge on any atom is -0.372 e. The third-order valence-electron chi connectivity index (χ3n) is 1.67. The van der Waals surface area contributed by atoms with Gasteiger partial charge in [-0.05, 0) is 36.4 Å². The lowest BCUT2D eigenvalue weighted by atomic mass is 10.4. The first-order valence-electron chi connectivity index (χ1n) is 4.60. The molecule has 0 bridgehead atoms. The number of aromatic nitrogens is 2. The van der Waals surface area contributed by atoms with Crippen LogP contribution in [0.1, 0.15) is 19.5 Å². The molecule has 0 aliphatic rings. The number of rotatable bonds is 5. The Morgan fingerprint density at radius 3 is 2.73 bits per heavy atom. The molecular weight excluding hydrogens is 317 g/mol. The van der Waals surface area contributed by atoms with Crippen molar-refractivity contribution in [3.05, 3.63) is 15.5 Å². The molecule has 0 atom stereocenters. The summed E-state index contributed by atoms with van der Waals surface area (Å²) in [6.45, 7) is 3.84. The van der Waals surface area contributed by atoms with Gasteiger partial charge in [0.25, 0.3) is 6.43 Å². The van der Waals surface area contributed by atoms with Gasteiger partial charge in [0.05, 0.1) is 16.3 Å². The average molecular weight is 330 g/mol. The predicted octanol–water partition coefficient (Wildman–Crippen LogP) is 2.68. The molecule has 0 amide bonds. The topological polar surface area (TPSA) is 27.1 Å². The first-order valence-corrected chi connectivity index (χ1v) is 5.68. The van der Waals surface area contributed by atoms with Crippen LogP contribution >= 0.6 is 22.6 Å². The van der Waals surface area contributed by atoms with Gasteiger partial charge in [-0.15, -0.1) is 0 Å². The first kappa shape index (κ1) is 12.8. The standard InChI is InChI=1S/C9H13F2IN2O/c1-6(2)15-5-8-7(12)3-14(13-8)4-9(10)11/h3,6,9H,4-5H2,1-2H3. The molecule has 0 aromatic carbocycles. The summed E-state index contributed by atoms with van der Waals surface area (Å²) < 4.78 is 31.6. The van der Waals surface area contributed by atoms with E-state index in [0.717, 1.165) is 3.57 Å². The van der Waals surface area contributed by atoms with E-state index in [-0.39, 0.29) is 12.6 Å². The Morgan fingerprint density at radius 2 is 2.20 bits per heavy atom. The third-order valence-corrected chi connectivity index (χ3v) is 2.57. The third kappa shape index (κ3) is 4.42. The second-order valence-electron chi connectivity index (χ2n) is 3.40. The zero-order valence-corrected chi connectivity index (χ0v) is 10.7. The van der Waals surface area contributed by atoms with Crippen molar-refractivity contribution < 1.29 is 13.5 Å². The molecule has 3 nitrogen and oxygen atoms in total. The zero-order valence-electron chi connectivity index (χ0n) is 8.58. The fourth-order valence-corrected chi connectivity index (χ4v) is 1.60. The molecule has 6 heteroatoms. The van der Waals surface area contributed by atoms with Crippen LogP contribution in [0.5, 0.6) is 0 Å². The predicted molar refractivity (Wildman–Crippen MR) is 60.9 cm³/mol. The second-order valence-corrected chi connectivity index (χ2v) is 4.56. The molecule has 1 heterocycles. The van der Waals surface area contributed by atoms with Gasteiger partial charge in [-0.2, -0.15) is 5.10 Å². The Labute approximate surface area is 101 Å². The van der Waals surface area contributed by atoms with Crippen molar-refractivity contribution in [3.63, 3.8) is 0 Å². The van der Waals surface area contributed by atoms with E-state index >= 15 is 0 Å². The molecular formula is C9H13F2IN2O. The lowest BCUT2D eigenvalue weighted by Gasteiger charge is -2.05. The highest BCUT2D eigenvalue weighted by Crippen LogP contribution is 2.13. The van der Waals surface area contributed by atoms with Gasteiger partial charge in [0, 0.05) is 6.20 Å². The van der Waals surface area contributed by atoms with Crippen LogP contribution in [0.4, 0.5) is 8.78 Å². The Morgan fingerprint density at radius 1 is 1.53 bits per heavy atom. The van der Waals surface area contributed by atoms with Crippen molar-refractivity contribution in [3.8, 4) is 0 Å². The fraction of sp³-hybridized carbons (Fsp3) is 0.667. The number of halogens is 3. The maximum absolute atomic E-state index is 12.1. The Hall–Kier alpha value is -0.240. The van der Waals surface area contributed by atoms with Crippen LogP contribution in [0, 0.1) is 3.57 Å². The summed E-state index contributed by atoms with van der Waals surface area (Å²) in [5.41, 5.74) is 0.713. The van der Waals surface area contributed by atoms with Crippen molar-refractivity contribution in [2.45, 2.75) is 39.5 Å². The molecule has 0 fully saturated rings. The van der Waals surface area contributed by atoms with Crippen molar-refractivity contribution in [1.82, 2.24) is 9.78 Å². The molecule has 1 aromatic rings. The maximum Gasteiger partial charge on any atom is 0.257 e. The molecule has 0 N–H and O–H groups in total. The van der Waals surface area contributed by atoms with Gasteiger partial charge >= 0.3 is 0 Å². The van der Waals surface area contributed by atoms with Crippen LogP contribution in [0.2, 0.25) is 0 Å². The second kappa shape index (κ2) is 5.74. The summed E-state index contributed by atoms with van der Waals surface area (Å²) in [5, 5.41) is 4.03. The number of ether oxygens (including phenoxy) is 1. The van der Waals surface area contributed by atoms with Crippen LogP contribution in [-0.4, -0.2) is 22.3 Å². The molecule has 1 rings (SSSR count). The van der Waals surface area contributed by atoms with Crippen molar-refractivity contribution in [2.24, 2.45) is 0 Å². The van der Waals surface area contributed by atoms with Crippen LogP contribution in [0.25, 0.3) is 0 Å². The quantitative estimate of drug-likeness (QED) is 0.776. The van der Waals surface area contributed by atoms with E-state index in [2.05, 4.69) is 27.7 Å². The number of alkyl halides is 2. The lowest BCUT2D eigenvalue weighted by Crippen LogP contribution is -2.08. The SMILES string of the molecule is CC(C)OCc1nn(CC(F)F)cc1I. The first-order chi connectivity index (χ1) is 6.99. The molecule has 1 aromatic heterocycles. The molecule has 15 heavy (non-hydrogen) atoms. The monoisotopic (exact) mass is 330 g/mol. The van der Waals surface area contributed by atoms with E-state index in [1.54, 1.807) is 6.20 Å². The smallest absolute Gasteiger partial charge is 0.257 e. The minimum absolute atomic E-state index is 0.112. The minimum atomic E-state index is -2.38. The number of nitrogens with zero attached hydrogens (tertiary/aromatic N) is 2. The van der Waals surface area contributed by atoms with Gasteiger partial charge in [-0.25, -0.2) is 8.78 Å². The number of hydrogen-bond acceptors (Lipinski definition) is 2. The van der Waals surface area contributed by atoms with Crippen molar-refractivity contribution >= 4 is 22.6 Å². The molecule has 0 spiro atoms. The number of hydrogen-bond donors (Lipinski definition) is 0. The van der Waals surface area contributed by atoms with Crippen LogP contribution in [0.3, 0.4) is 0 Å². The molecule has 0 aliphatic heterocycles. The van der Waals surface area contributed by atoms with E-state index < -0.39 is 6.43 Å². The Bertz CT molecular complexity index is 315. The Kier molecular flexibility index (Phi) is 4.91. The van der Waals surface area contributed by atoms with E-state index in [9.17, 15) is 8.78 Å². The largest absolute Gasteiger partial charge is 0.372 e. The summed E-state index contributed by atoms with van der Waals surface area (Å²) in [6.07, 6.45) is -0.660. The summed E-state index contributed by atoms with van der Waals surface area (Å²) in [7, 11) is 0. The van der Waals surface area contributed by atoms with Crippen LogP contribution < -0.4 is 0 Å². The summed E-state index contributed by atoms with van der Waals surface area (Å²) >= 11 is 2.07. The van der Waals surface area contributed by atoms with Gasteiger partial charge in [-0.3, -0.25) is 4.68 Å². The molecule has 86 valence electrons. The highest BCUT2D eigenvalue weighted by Gasteiger charge is 2.10. The lowest BCUT2D eigenvalue weighted by molar-refractivity contribution is 0.0622. The molecule has 0 aliphatic carbocycles. The summed E-state index contributed by atoms with van der Waals surface area (Å²) in [6, 6.07) is 0. The van der Waals surface area contributed by atoms with Gasteiger partial charge in [0.15, 0.2) is 0 Å². The molecule has 0 saturated heterocycles. The summed E-state index contributed by atoms with van der Waals surface area (Å²) in [4.78, 5) is 0. The van der Waals surface area contributed by atoms with Gasteiger partial charge in [-0.1, -0.05) is 0 Å². The normalized spacial score (nSPS) is 11.7. The van der Waals surface area contributed by atoms with Gasteiger partial charge in [0.1, 0.15) is 12.2 Å². The van der Waals surface area contributed by atoms with E-state index in [1.807, 2.05) is 13.8 Å². The van der Waals surface area contributed by atoms with E-state index in [4.69, 9.17) is 4.74 Å². The van der Waals surface area contributed by atoms with Crippen molar-refractivity contribution in [1.29, 1.82) is 0 Å². The van der Waals surface area contributed by atoms with E-state index in [1.165, 1.54) is 4.68 Å². The highest BCUT2D eigenvalue weighted by molar-refractivity contribution is 14.1. The van der Waals surface area contributed by atoms with Gasteiger partial charge in [0.2, 0.25) is 0 Å². The molecule has 0 saturated carbocycles. The summed E-state index contributed by atoms with van der Waals surface area (Å²) in [5.74, 6) is 0. The average Bonchev–Trinajstić information content (AvgIpc) is 2.41. The van der Waals surface area contributed by atoms with Crippen LogP contribution in [0.15, 0.2) is 6.20 Å². The molecule has 0 unspecified atom stereocenters.